The van der Waals surface area contributed by atoms with Crippen molar-refractivity contribution in [3.05, 3.63) is 27.1 Å². The Morgan fingerprint density at radius 2 is 2.18 bits per heavy atom. The molecule has 3 nitrogen and oxygen atoms in total. The summed E-state index contributed by atoms with van der Waals surface area (Å²) in [6.45, 7) is 1.53. The zero-order valence-electron chi connectivity index (χ0n) is 9.43. The molecule has 17 heavy (non-hydrogen) atoms. The smallest absolute Gasteiger partial charge is 0.170 e. The Balaban J connectivity index is 2.40. The van der Waals surface area contributed by atoms with E-state index in [9.17, 15) is 0 Å². The molecule has 0 heterocycles. The highest BCUT2D eigenvalue weighted by molar-refractivity contribution is 9.11. The van der Waals surface area contributed by atoms with Gasteiger partial charge in [0.25, 0.3) is 0 Å². The van der Waals surface area contributed by atoms with Crippen LogP contribution in [-0.4, -0.2) is 25.4 Å². The Morgan fingerprint density at radius 1 is 1.41 bits per heavy atom. The summed E-state index contributed by atoms with van der Waals surface area (Å²) in [5, 5.41) is 6.86. The lowest BCUT2D eigenvalue weighted by Crippen LogP contribution is -2.29. The van der Waals surface area contributed by atoms with Crippen molar-refractivity contribution < 1.29 is 4.74 Å². The van der Waals surface area contributed by atoms with Crippen molar-refractivity contribution in [1.29, 1.82) is 0 Å². The number of hydrogen-bond donors (Lipinski definition) is 2. The Morgan fingerprint density at radius 3 is 2.82 bits per heavy atom. The fourth-order valence-corrected chi connectivity index (χ4v) is 2.53. The van der Waals surface area contributed by atoms with Gasteiger partial charge in [0, 0.05) is 29.2 Å². The Kier molecular flexibility index (Phi) is 7.03. The van der Waals surface area contributed by atoms with Gasteiger partial charge in [0.2, 0.25) is 0 Å². The lowest BCUT2D eigenvalue weighted by atomic mass is 10.3. The average Bonchev–Trinajstić information content (AvgIpc) is 2.28. The SMILES string of the molecule is COCCCNC(=S)Nc1ccc(Br)cc1Br. The number of anilines is 1. The summed E-state index contributed by atoms with van der Waals surface area (Å²) in [4.78, 5) is 0. The summed E-state index contributed by atoms with van der Waals surface area (Å²) in [7, 11) is 1.69. The van der Waals surface area contributed by atoms with Crippen LogP contribution in [0.1, 0.15) is 6.42 Å². The molecule has 1 aromatic rings. The summed E-state index contributed by atoms with van der Waals surface area (Å²) in [6.07, 6.45) is 0.930. The van der Waals surface area contributed by atoms with E-state index in [-0.39, 0.29) is 0 Å². The molecule has 0 aliphatic heterocycles. The molecule has 0 unspecified atom stereocenters. The predicted octanol–water partition coefficient (Wildman–Crippen LogP) is 3.53. The minimum absolute atomic E-state index is 0.615. The van der Waals surface area contributed by atoms with E-state index in [1.165, 1.54) is 0 Å². The number of benzene rings is 1. The molecule has 6 heteroatoms. The molecule has 0 saturated heterocycles. The number of hydrogen-bond acceptors (Lipinski definition) is 2. The van der Waals surface area contributed by atoms with Gasteiger partial charge in [-0.2, -0.15) is 0 Å². The van der Waals surface area contributed by atoms with E-state index >= 15 is 0 Å². The maximum atomic E-state index is 5.18. The molecule has 0 aliphatic carbocycles. The Hall–Kier alpha value is -0.170. The topological polar surface area (TPSA) is 33.3 Å². The van der Waals surface area contributed by atoms with Gasteiger partial charge in [-0.3, -0.25) is 0 Å². The Labute approximate surface area is 124 Å². The van der Waals surface area contributed by atoms with Gasteiger partial charge in [-0.05, 0) is 52.8 Å². The van der Waals surface area contributed by atoms with Gasteiger partial charge in [0.15, 0.2) is 5.11 Å². The number of thiocarbonyl (C=S) groups is 1. The molecular formula is C11H14Br2N2OS. The third-order valence-electron chi connectivity index (χ3n) is 1.99. The molecule has 0 saturated carbocycles. The van der Waals surface area contributed by atoms with Crippen molar-refractivity contribution in [2.75, 3.05) is 25.6 Å². The minimum atomic E-state index is 0.615. The van der Waals surface area contributed by atoms with Crippen LogP contribution in [-0.2, 0) is 4.74 Å². The van der Waals surface area contributed by atoms with Gasteiger partial charge in [-0.25, -0.2) is 0 Å². The van der Waals surface area contributed by atoms with Crippen LogP contribution in [0.15, 0.2) is 27.1 Å². The second-order valence-electron chi connectivity index (χ2n) is 3.35. The van der Waals surface area contributed by atoms with Crippen LogP contribution in [0.25, 0.3) is 0 Å². The first-order valence-electron chi connectivity index (χ1n) is 5.12. The summed E-state index contributed by atoms with van der Waals surface area (Å²) >= 11 is 12.1. The third kappa shape index (κ3) is 5.81. The van der Waals surface area contributed by atoms with Crippen LogP contribution in [0.4, 0.5) is 5.69 Å². The normalized spacial score (nSPS) is 10.1. The Bertz CT molecular complexity index is 388. The molecule has 0 spiro atoms. The van der Waals surface area contributed by atoms with Crippen LogP contribution < -0.4 is 10.6 Å². The van der Waals surface area contributed by atoms with E-state index in [2.05, 4.69) is 42.5 Å². The first kappa shape index (κ1) is 14.9. The third-order valence-corrected chi connectivity index (χ3v) is 3.39. The molecule has 0 atom stereocenters. The number of nitrogens with one attached hydrogen (secondary N) is 2. The van der Waals surface area contributed by atoms with Crippen molar-refractivity contribution in [1.82, 2.24) is 5.32 Å². The second-order valence-corrected chi connectivity index (χ2v) is 5.53. The molecule has 0 aliphatic rings. The van der Waals surface area contributed by atoms with E-state index in [4.69, 9.17) is 17.0 Å². The molecule has 2 N–H and O–H groups in total. The van der Waals surface area contributed by atoms with Crippen molar-refractivity contribution in [3.63, 3.8) is 0 Å². The highest BCUT2D eigenvalue weighted by Gasteiger charge is 2.02. The van der Waals surface area contributed by atoms with E-state index in [1.54, 1.807) is 7.11 Å². The highest BCUT2D eigenvalue weighted by atomic mass is 79.9. The molecule has 0 fully saturated rings. The number of halogens is 2. The first-order chi connectivity index (χ1) is 8.13. The molecule has 1 rings (SSSR count). The summed E-state index contributed by atoms with van der Waals surface area (Å²) in [5.41, 5.74) is 0.942. The predicted molar refractivity (Wildman–Crippen MR) is 82.6 cm³/mol. The monoisotopic (exact) mass is 380 g/mol. The van der Waals surface area contributed by atoms with Crippen molar-refractivity contribution in [3.8, 4) is 0 Å². The lowest BCUT2D eigenvalue weighted by Gasteiger charge is -2.11. The number of methoxy groups -OCH3 is 1. The summed E-state index contributed by atoms with van der Waals surface area (Å²) in [6, 6.07) is 5.88. The molecule has 1 aromatic carbocycles. The number of ether oxygens (including phenoxy) is 1. The fraction of sp³-hybridized carbons (Fsp3) is 0.364. The summed E-state index contributed by atoms with van der Waals surface area (Å²) < 4.78 is 6.95. The van der Waals surface area contributed by atoms with Gasteiger partial charge >= 0.3 is 0 Å². The molecule has 0 amide bonds. The van der Waals surface area contributed by atoms with E-state index in [0.717, 1.165) is 34.2 Å². The molecule has 0 radical (unpaired) electrons. The van der Waals surface area contributed by atoms with Gasteiger partial charge in [-0.1, -0.05) is 15.9 Å². The van der Waals surface area contributed by atoms with E-state index in [0.29, 0.717) is 5.11 Å². The molecule has 0 aromatic heterocycles. The largest absolute Gasteiger partial charge is 0.385 e. The van der Waals surface area contributed by atoms with Gasteiger partial charge in [-0.15, -0.1) is 0 Å². The lowest BCUT2D eigenvalue weighted by molar-refractivity contribution is 0.196. The van der Waals surface area contributed by atoms with Crippen molar-refractivity contribution in [2.24, 2.45) is 0 Å². The van der Waals surface area contributed by atoms with Gasteiger partial charge in [0.05, 0.1) is 5.69 Å². The highest BCUT2D eigenvalue weighted by Crippen LogP contribution is 2.25. The van der Waals surface area contributed by atoms with Gasteiger partial charge < -0.3 is 15.4 Å². The van der Waals surface area contributed by atoms with Crippen LogP contribution in [0, 0.1) is 0 Å². The molecular weight excluding hydrogens is 368 g/mol. The first-order valence-corrected chi connectivity index (χ1v) is 7.11. The van der Waals surface area contributed by atoms with E-state index < -0.39 is 0 Å². The average molecular weight is 382 g/mol. The second kappa shape index (κ2) is 8.02. The molecule has 0 bridgehead atoms. The standard InChI is InChI=1S/C11H14Br2N2OS/c1-16-6-2-5-14-11(17)15-10-4-3-8(12)7-9(10)13/h3-4,7H,2,5-6H2,1H3,(H2,14,15,17). The maximum absolute atomic E-state index is 5.18. The van der Waals surface area contributed by atoms with Gasteiger partial charge in [0.1, 0.15) is 0 Å². The van der Waals surface area contributed by atoms with Crippen molar-refractivity contribution in [2.45, 2.75) is 6.42 Å². The quantitative estimate of drug-likeness (QED) is 0.603. The number of rotatable bonds is 5. The zero-order valence-corrected chi connectivity index (χ0v) is 13.4. The zero-order chi connectivity index (χ0) is 12.7. The van der Waals surface area contributed by atoms with Crippen LogP contribution >= 0.6 is 44.1 Å². The van der Waals surface area contributed by atoms with E-state index in [1.807, 2.05) is 18.2 Å². The minimum Gasteiger partial charge on any atom is -0.385 e. The maximum Gasteiger partial charge on any atom is 0.170 e. The van der Waals surface area contributed by atoms with Crippen molar-refractivity contribution >= 4 is 54.9 Å². The molecule has 94 valence electrons. The fourth-order valence-electron chi connectivity index (χ4n) is 1.18. The summed E-state index contributed by atoms with van der Waals surface area (Å²) in [5.74, 6) is 0. The van der Waals surface area contributed by atoms with Crippen LogP contribution in [0.3, 0.4) is 0 Å². The van der Waals surface area contributed by atoms with Crippen LogP contribution in [0.5, 0.6) is 0 Å². The van der Waals surface area contributed by atoms with Crippen LogP contribution in [0.2, 0.25) is 0 Å².